The molecule has 26 heavy (non-hydrogen) atoms. The summed E-state index contributed by atoms with van der Waals surface area (Å²) in [7, 11) is 0. The number of piperazine rings is 1. The first-order chi connectivity index (χ1) is 12.6. The molecule has 0 radical (unpaired) electrons. The maximum Gasteiger partial charge on any atom is 0.290 e. The van der Waals surface area contributed by atoms with Crippen molar-refractivity contribution >= 4 is 40.6 Å². The molecule has 3 rings (SSSR count). The van der Waals surface area contributed by atoms with Crippen molar-refractivity contribution in [2.24, 2.45) is 5.73 Å². The number of carbonyl (C=O) groups is 3. The number of amides is 3. The van der Waals surface area contributed by atoms with Crippen LogP contribution >= 0.6 is 11.8 Å². The molecule has 0 aromatic heterocycles. The lowest BCUT2D eigenvalue weighted by Crippen LogP contribution is -2.49. The van der Waals surface area contributed by atoms with Crippen LogP contribution in [0, 0.1) is 0 Å². The zero-order chi connectivity index (χ0) is 18.5. The van der Waals surface area contributed by atoms with Gasteiger partial charge in [-0.2, -0.15) is 0 Å². The summed E-state index contributed by atoms with van der Waals surface area (Å²) in [6.07, 6.45) is 2.96. The summed E-state index contributed by atoms with van der Waals surface area (Å²) in [6, 6.07) is 7.78. The van der Waals surface area contributed by atoms with Crippen LogP contribution in [-0.2, 0) is 9.59 Å². The molecular formula is C18H22N4O3S. The highest BCUT2D eigenvalue weighted by molar-refractivity contribution is 8.18. The molecule has 3 N–H and O–H groups in total. The van der Waals surface area contributed by atoms with Crippen molar-refractivity contribution in [3.8, 4) is 0 Å². The first-order valence-corrected chi connectivity index (χ1v) is 9.47. The molecule has 0 saturated carbocycles. The lowest BCUT2D eigenvalue weighted by molar-refractivity contribution is -0.131. The third-order valence-electron chi connectivity index (χ3n) is 4.43. The SMILES string of the molecule is NCCCC(=O)N1CCN(c2ccccc2C=C2SC(=O)NC2=O)CC1. The number of thioether (sulfide) groups is 1. The molecule has 0 spiro atoms. The minimum Gasteiger partial charge on any atom is -0.367 e. The zero-order valence-corrected chi connectivity index (χ0v) is 15.3. The van der Waals surface area contributed by atoms with Crippen LogP contribution in [0.25, 0.3) is 6.08 Å². The van der Waals surface area contributed by atoms with Crippen molar-refractivity contribution < 1.29 is 14.4 Å². The highest BCUT2D eigenvalue weighted by Crippen LogP contribution is 2.30. The van der Waals surface area contributed by atoms with Crippen LogP contribution in [0.15, 0.2) is 29.2 Å². The number of nitrogens with one attached hydrogen (secondary N) is 1. The van der Waals surface area contributed by atoms with E-state index in [0.29, 0.717) is 37.4 Å². The first-order valence-electron chi connectivity index (χ1n) is 8.65. The molecule has 0 atom stereocenters. The van der Waals surface area contributed by atoms with Gasteiger partial charge in [0.05, 0.1) is 4.91 Å². The van der Waals surface area contributed by atoms with E-state index in [2.05, 4.69) is 10.2 Å². The van der Waals surface area contributed by atoms with Gasteiger partial charge in [0.2, 0.25) is 5.91 Å². The predicted octanol–water partition coefficient (Wildman–Crippen LogP) is 1.40. The Morgan fingerprint density at radius 1 is 1.19 bits per heavy atom. The fourth-order valence-electron chi connectivity index (χ4n) is 3.07. The van der Waals surface area contributed by atoms with E-state index in [1.807, 2.05) is 29.2 Å². The molecule has 0 bridgehead atoms. The first kappa shape index (κ1) is 18.5. The number of hydrogen-bond acceptors (Lipinski definition) is 6. The molecule has 3 amide bonds. The second kappa shape index (κ2) is 8.37. The standard InChI is InChI=1S/C18H22N4O3S/c19-7-3-6-16(23)22-10-8-21(9-11-22)14-5-2-1-4-13(14)12-15-17(24)20-18(25)26-15/h1-2,4-5,12H,3,6-11,19H2,(H,20,24,25). The molecule has 2 saturated heterocycles. The van der Waals surface area contributed by atoms with Gasteiger partial charge in [-0.15, -0.1) is 0 Å². The lowest BCUT2D eigenvalue weighted by atomic mass is 10.1. The van der Waals surface area contributed by atoms with Crippen LogP contribution in [0.3, 0.4) is 0 Å². The van der Waals surface area contributed by atoms with E-state index in [1.165, 1.54) is 0 Å². The van der Waals surface area contributed by atoms with Crippen LogP contribution in [0.5, 0.6) is 0 Å². The van der Waals surface area contributed by atoms with Gasteiger partial charge in [-0.1, -0.05) is 18.2 Å². The molecule has 2 fully saturated rings. The Kier molecular flexibility index (Phi) is 5.95. The molecule has 8 heteroatoms. The van der Waals surface area contributed by atoms with Crippen molar-refractivity contribution in [1.29, 1.82) is 0 Å². The largest absolute Gasteiger partial charge is 0.367 e. The minimum atomic E-state index is -0.356. The van der Waals surface area contributed by atoms with E-state index >= 15 is 0 Å². The zero-order valence-electron chi connectivity index (χ0n) is 14.4. The molecular weight excluding hydrogens is 352 g/mol. The number of nitrogens with two attached hydrogens (primary N) is 1. The van der Waals surface area contributed by atoms with Gasteiger partial charge >= 0.3 is 0 Å². The number of carbonyl (C=O) groups excluding carboxylic acids is 3. The second-order valence-electron chi connectivity index (χ2n) is 6.17. The van der Waals surface area contributed by atoms with Gasteiger partial charge < -0.3 is 15.5 Å². The van der Waals surface area contributed by atoms with E-state index in [-0.39, 0.29) is 17.1 Å². The lowest BCUT2D eigenvalue weighted by Gasteiger charge is -2.37. The highest BCUT2D eigenvalue weighted by atomic mass is 32.2. The van der Waals surface area contributed by atoms with Gasteiger partial charge in [0, 0.05) is 38.3 Å². The van der Waals surface area contributed by atoms with E-state index < -0.39 is 0 Å². The Hall–Kier alpha value is -2.32. The Bertz CT molecular complexity index is 742. The minimum absolute atomic E-state index is 0.156. The molecule has 2 aliphatic heterocycles. The molecule has 1 aromatic carbocycles. The fourth-order valence-corrected chi connectivity index (χ4v) is 3.74. The van der Waals surface area contributed by atoms with Gasteiger partial charge in [0.1, 0.15) is 0 Å². The normalized spacial score (nSPS) is 19.2. The van der Waals surface area contributed by atoms with Gasteiger partial charge in [0.15, 0.2) is 0 Å². The molecule has 1 aromatic rings. The third-order valence-corrected chi connectivity index (χ3v) is 5.24. The summed E-state index contributed by atoms with van der Waals surface area (Å²) in [4.78, 5) is 39.8. The van der Waals surface area contributed by atoms with Gasteiger partial charge in [-0.25, -0.2) is 0 Å². The van der Waals surface area contributed by atoms with E-state index in [0.717, 1.165) is 36.1 Å². The summed E-state index contributed by atoms with van der Waals surface area (Å²) in [6.45, 7) is 3.32. The van der Waals surface area contributed by atoms with Crippen LogP contribution in [0.2, 0.25) is 0 Å². The Labute approximate surface area is 156 Å². The van der Waals surface area contributed by atoms with Gasteiger partial charge in [-0.3, -0.25) is 19.7 Å². The second-order valence-corrected chi connectivity index (χ2v) is 7.19. The van der Waals surface area contributed by atoms with E-state index in [4.69, 9.17) is 5.73 Å². The van der Waals surface area contributed by atoms with Crippen LogP contribution in [-0.4, -0.2) is 54.7 Å². The third kappa shape index (κ3) is 4.25. The van der Waals surface area contributed by atoms with Gasteiger partial charge in [0.25, 0.3) is 11.1 Å². The number of rotatable bonds is 5. The smallest absolute Gasteiger partial charge is 0.290 e. The number of benzene rings is 1. The number of anilines is 1. The topological polar surface area (TPSA) is 95.7 Å². The van der Waals surface area contributed by atoms with Crippen molar-refractivity contribution in [3.63, 3.8) is 0 Å². The monoisotopic (exact) mass is 374 g/mol. The highest BCUT2D eigenvalue weighted by Gasteiger charge is 2.26. The molecule has 2 heterocycles. The maximum absolute atomic E-state index is 12.1. The molecule has 0 unspecified atom stereocenters. The Morgan fingerprint density at radius 3 is 2.58 bits per heavy atom. The maximum atomic E-state index is 12.1. The Morgan fingerprint density at radius 2 is 1.92 bits per heavy atom. The molecule has 2 aliphatic rings. The van der Waals surface area contributed by atoms with Crippen molar-refractivity contribution in [2.45, 2.75) is 12.8 Å². The van der Waals surface area contributed by atoms with E-state index in [1.54, 1.807) is 6.08 Å². The van der Waals surface area contributed by atoms with E-state index in [9.17, 15) is 14.4 Å². The van der Waals surface area contributed by atoms with Crippen LogP contribution in [0.1, 0.15) is 18.4 Å². The van der Waals surface area contributed by atoms with Crippen molar-refractivity contribution in [2.75, 3.05) is 37.6 Å². The quantitative estimate of drug-likeness (QED) is 0.757. The summed E-state index contributed by atoms with van der Waals surface area (Å²) < 4.78 is 0. The summed E-state index contributed by atoms with van der Waals surface area (Å²) in [5, 5.41) is 1.93. The van der Waals surface area contributed by atoms with Crippen molar-refractivity contribution in [1.82, 2.24) is 10.2 Å². The molecule has 138 valence electrons. The predicted molar refractivity (Wildman–Crippen MR) is 103 cm³/mol. The summed E-state index contributed by atoms with van der Waals surface area (Å²) in [5.41, 5.74) is 7.36. The number of imide groups is 1. The summed E-state index contributed by atoms with van der Waals surface area (Å²) in [5.74, 6) is -0.201. The fraction of sp³-hybridized carbons (Fsp3) is 0.389. The van der Waals surface area contributed by atoms with Crippen LogP contribution < -0.4 is 16.0 Å². The average molecular weight is 374 g/mol. The van der Waals surface area contributed by atoms with Crippen molar-refractivity contribution in [3.05, 3.63) is 34.7 Å². The molecule has 7 nitrogen and oxygen atoms in total. The number of nitrogens with zero attached hydrogens (tertiary/aromatic N) is 2. The molecule has 0 aliphatic carbocycles. The number of hydrogen-bond donors (Lipinski definition) is 2. The van der Waals surface area contributed by atoms with Gasteiger partial charge in [-0.05, 0) is 42.4 Å². The Balaban J connectivity index is 1.70. The average Bonchev–Trinajstić information content (AvgIpc) is 2.97. The number of para-hydroxylation sites is 1. The summed E-state index contributed by atoms with van der Waals surface area (Å²) >= 11 is 0.916. The van der Waals surface area contributed by atoms with Crippen LogP contribution in [0.4, 0.5) is 10.5 Å².